The molecule has 1 rings (SSSR count). The second-order valence-corrected chi connectivity index (χ2v) is 3.07. The molecule has 0 heterocycles. The van der Waals surface area contributed by atoms with Gasteiger partial charge in [0.25, 0.3) is 0 Å². The largest absolute Gasteiger partial charge is 0.769 e. The molecule has 1 aromatic carbocycles. The van der Waals surface area contributed by atoms with Gasteiger partial charge in [-0.15, -0.1) is 0 Å². The highest BCUT2D eigenvalue weighted by Gasteiger charge is 2.19. The lowest BCUT2D eigenvalue weighted by Crippen LogP contribution is -1.92. The summed E-state index contributed by atoms with van der Waals surface area (Å²) in [5, 5.41) is 0. The fraction of sp³-hybridized carbons (Fsp3) is 0.143. The lowest BCUT2D eigenvalue weighted by Gasteiger charge is -1.91. The smallest absolute Gasteiger partial charge is 0.228 e. The van der Waals surface area contributed by atoms with Crippen LogP contribution in [0, 0.1) is 6.92 Å². The van der Waals surface area contributed by atoms with Gasteiger partial charge in [-0.2, -0.15) is 5.90 Å². The van der Waals surface area contributed by atoms with Gasteiger partial charge in [0.05, 0.1) is 0 Å². The monoisotopic (exact) mass is 186 g/mol. The van der Waals surface area contributed by atoms with Gasteiger partial charge in [-0.3, -0.25) is 0 Å². The minimum Gasteiger partial charge on any atom is -0.228 e. The van der Waals surface area contributed by atoms with E-state index in [0.717, 1.165) is 5.56 Å². The topological polar surface area (TPSA) is 61.5 Å². The summed E-state index contributed by atoms with van der Waals surface area (Å²) in [4.78, 5) is 0. The van der Waals surface area contributed by atoms with E-state index in [4.69, 9.17) is 4.52 Å². The lowest BCUT2D eigenvalue weighted by atomic mass is 10.2. The van der Waals surface area contributed by atoms with Crippen LogP contribution in [0.1, 0.15) is 5.56 Å². The van der Waals surface area contributed by atoms with Crippen LogP contribution in [0.2, 0.25) is 0 Å². The van der Waals surface area contributed by atoms with Gasteiger partial charge >= 0.3 is 8.25 Å². The van der Waals surface area contributed by atoms with Crippen molar-refractivity contribution < 1.29 is 13.7 Å². The van der Waals surface area contributed by atoms with E-state index >= 15 is 0 Å². The molecule has 1 unspecified atom stereocenters. The Balaban J connectivity index is 2.64. The minimum absolute atomic E-state index is 0.479. The van der Waals surface area contributed by atoms with Crippen molar-refractivity contribution in [2.45, 2.75) is 6.92 Å². The summed E-state index contributed by atoms with van der Waals surface area (Å²) < 4.78 is 19.4. The van der Waals surface area contributed by atoms with Crippen LogP contribution in [0.15, 0.2) is 24.3 Å². The minimum atomic E-state index is -2.24. The summed E-state index contributed by atoms with van der Waals surface area (Å²) >= 11 is 0. The van der Waals surface area contributed by atoms with Crippen molar-refractivity contribution in [1.29, 1.82) is 0 Å². The molecule has 1 aromatic rings. The molecule has 1 atom stereocenters. The van der Waals surface area contributed by atoms with Gasteiger partial charge in [-0.25, -0.2) is 4.52 Å². The Bertz CT molecular complexity index is 272. The van der Waals surface area contributed by atoms with Crippen LogP contribution in [0.25, 0.3) is 0 Å². The highest BCUT2D eigenvalue weighted by Crippen LogP contribution is 2.25. The van der Waals surface area contributed by atoms with Crippen LogP contribution in [-0.2, 0) is 9.19 Å². The van der Waals surface area contributed by atoms with Gasteiger partial charge in [0, 0.05) is 4.57 Å². The first-order chi connectivity index (χ1) is 5.72. The average molecular weight is 186 g/mol. The van der Waals surface area contributed by atoms with E-state index in [0.29, 0.717) is 5.75 Å². The summed E-state index contributed by atoms with van der Waals surface area (Å²) in [5.41, 5.74) is 1.10. The van der Waals surface area contributed by atoms with Crippen LogP contribution < -0.4 is 10.4 Å². The van der Waals surface area contributed by atoms with Crippen LogP contribution in [-0.4, -0.2) is 0 Å². The Kier molecular flexibility index (Phi) is 3.17. The third-order valence-electron chi connectivity index (χ3n) is 1.29. The zero-order valence-corrected chi connectivity index (χ0v) is 7.45. The van der Waals surface area contributed by atoms with Crippen molar-refractivity contribution in [3.8, 4) is 5.75 Å². The van der Waals surface area contributed by atoms with Crippen LogP contribution in [0.4, 0.5) is 0 Å². The van der Waals surface area contributed by atoms with Crippen molar-refractivity contribution in [2.24, 2.45) is 5.90 Å². The number of hydrogen-bond donors (Lipinski definition) is 1. The first-order valence-corrected chi connectivity index (χ1v) is 4.40. The van der Waals surface area contributed by atoms with Crippen molar-refractivity contribution in [2.75, 3.05) is 0 Å². The zero-order chi connectivity index (χ0) is 8.97. The van der Waals surface area contributed by atoms with Crippen molar-refractivity contribution in [1.82, 2.24) is 0 Å². The summed E-state index contributed by atoms with van der Waals surface area (Å²) in [6.45, 7) is 1.95. The molecule has 4 nitrogen and oxygen atoms in total. The molecule has 0 aromatic heterocycles. The molecule has 0 saturated heterocycles. The molecule has 2 N–H and O–H groups in total. The summed E-state index contributed by atoms with van der Waals surface area (Å²) in [6.07, 6.45) is 0. The molecule has 5 heteroatoms. The van der Waals surface area contributed by atoms with E-state index in [1.165, 1.54) is 0 Å². The Morgan fingerprint density at radius 1 is 1.33 bits per heavy atom. The van der Waals surface area contributed by atoms with Gasteiger partial charge in [0.15, 0.2) is 5.75 Å². The Labute approximate surface area is 71.2 Å². The quantitative estimate of drug-likeness (QED) is 0.578. The molecule has 0 amide bonds. The second kappa shape index (κ2) is 4.16. The third-order valence-corrected chi connectivity index (χ3v) is 1.82. The molecule has 64 valence electrons. The van der Waals surface area contributed by atoms with Gasteiger partial charge in [-0.1, -0.05) is 17.7 Å². The first kappa shape index (κ1) is 9.13. The summed E-state index contributed by atoms with van der Waals surface area (Å²) in [5.74, 6) is 5.12. The van der Waals surface area contributed by atoms with E-state index in [1.54, 1.807) is 12.1 Å². The van der Waals surface area contributed by atoms with Gasteiger partial charge in [-0.05, 0) is 23.7 Å². The van der Waals surface area contributed by atoms with Gasteiger partial charge in [0.2, 0.25) is 0 Å². The fourth-order valence-electron chi connectivity index (χ4n) is 0.707. The van der Waals surface area contributed by atoms with Crippen LogP contribution in [0.5, 0.6) is 5.75 Å². The number of rotatable bonds is 3. The molecule has 12 heavy (non-hydrogen) atoms. The molecule has 0 fully saturated rings. The molecule has 0 aliphatic rings. The molecule has 0 radical (unpaired) electrons. The number of benzene rings is 1. The lowest BCUT2D eigenvalue weighted by molar-refractivity contribution is 0.297. The van der Waals surface area contributed by atoms with Crippen molar-refractivity contribution in [3.63, 3.8) is 0 Å². The Morgan fingerprint density at radius 2 is 1.92 bits per heavy atom. The first-order valence-electron chi connectivity index (χ1n) is 3.31. The van der Waals surface area contributed by atoms with E-state index in [1.807, 2.05) is 19.1 Å². The van der Waals surface area contributed by atoms with E-state index < -0.39 is 8.25 Å². The predicted octanol–water partition coefficient (Wildman–Crippen LogP) is 1.92. The molecule has 0 bridgehead atoms. The predicted molar refractivity (Wildman–Crippen MR) is 44.7 cm³/mol. The number of nitrogens with two attached hydrogens (primary N) is 1. The standard InChI is InChI=1S/C7H9NO3P/c1-6-2-4-7(5-3-6)10-12(9)11-8/h2-5H,8H2,1H3/q+1. The second-order valence-electron chi connectivity index (χ2n) is 2.23. The van der Waals surface area contributed by atoms with Crippen molar-refractivity contribution in [3.05, 3.63) is 29.8 Å². The highest BCUT2D eigenvalue weighted by atomic mass is 31.1. The summed E-state index contributed by atoms with van der Waals surface area (Å²) in [6, 6.07) is 7.08. The third kappa shape index (κ3) is 2.58. The number of hydrogen-bond acceptors (Lipinski definition) is 4. The maximum atomic E-state index is 10.6. The Hall–Kier alpha value is -0.960. The molecule has 0 aliphatic carbocycles. The van der Waals surface area contributed by atoms with Crippen molar-refractivity contribution >= 4 is 8.25 Å². The van der Waals surface area contributed by atoms with Gasteiger partial charge in [0.1, 0.15) is 0 Å². The molecule has 0 saturated carbocycles. The maximum Gasteiger partial charge on any atom is 0.769 e. The fourth-order valence-corrected chi connectivity index (χ4v) is 1.04. The van der Waals surface area contributed by atoms with E-state index in [-0.39, 0.29) is 0 Å². The molecule has 0 aliphatic heterocycles. The summed E-state index contributed by atoms with van der Waals surface area (Å²) in [7, 11) is -2.24. The zero-order valence-electron chi connectivity index (χ0n) is 6.56. The highest BCUT2D eigenvalue weighted by molar-refractivity contribution is 7.33. The molecule has 0 spiro atoms. The molecular weight excluding hydrogens is 177 g/mol. The average Bonchev–Trinajstić information content (AvgIpc) is 2.09. The normalized spacial score (nSPS) is 11.0. The van der Waals surface area contributed by atoms with Gasteiger partial charge < -0.3 is 0 Å². The van der Waals surface area contributed by atoms with E-state index in [2.05, 4.69) is 10.5 Å². The SMILES string of the molecule is Cc1ccc(O[P+](=O)ON)cc1. The maximum absolute atomic E-state index is 10.6. The Morgan fingerprint density at radius 3 is 2.42 bits per heavy atom. The van der Waals surface area contributed by atoms with E-state index in [9.17, 15) is 4.57 Å². The number of aryl methyl sites for hydroxylation is 1. The van der Waals surface area contributed by atoms with Crippen LogP contribution >= 0.6 is 8.25 Å². The molecular formula is C7H9NO3P+. The van der Waals surface area contributed by atoms with Crippen LogP contribution in [0.3, 0.4) is 0 Å².